The van der Waals surface area contributed by atoms with Gasteiger partial charge in [0, 0.05) is 4.70 Å². The third-order valence-electron chi connectivity index (χ3n) is 5.18. The fourth-order valence-corrected chi connectivity index (χ4v) is 3.87. The summed E-state index contributed by atoms with van der Waals surface area (Å²) in [6.45, 7) is 12.3. The van der Waals surface area contributed by atoms with Crippen LogP contribution >= 0.6 is 11.3 Å². The van der Waals surface area contributed by atoms with Crippen LogP contribution in [0.1, 0.15) is 45.6 Å². The van der Waals surface area contributed by atoms with E-state index in [9.17, 15) is 0 Å². The maximum atomic E-state index is 6.18. The molecule has 0 saturated carbocycles. The lowest BCUT2D eigenvalue weighted by molar-refractivity contribution is 0.00578. The molecule has 1 aromatic heterocycles. The number of hydrogen-bond donors (Lipinski definition) is 0. The minimum atomic E-state index is -0.270. The van der Waals surface area contributed by atoms with E-state index in [1.807, 2.05) is 6.08 Å². The third kappa shape index (κ3) is 3.26. The maximum absolute atomic E-state index is 6.18. The van der Waals surface area contributed by atoms with Gasteiger partial charge in [0.15, 0.2) is 0 Å². The number of thiophene rings is 1. The molecule has 1 aliphatic heterocycles. The van der Waals surface area contributed by atoms with E-state index < -0.39 is 0 Å². The van der Waals surface area contributed by atoms with Crippen LogP contribution in [-0.4, -0.2) is 18.3 Å². The number of rotatable bonds is 5. The molecule has 1 aliphatic rings. The lowest BCUT2D eigenvalue weighted by Gasteiger charge is -2.32. The zero-order chi connectivity index (χ0) is 16.7. The highest BCUT2D eigenvalue weighted by atomic mass is 32.1. The number of fused-ring (bicyclic) bond motifs is 1. The normalized spacial score (nSPS) is 20.8. The monoisotopic (exact) mass is 328 g/mol. The Morgan fingerprint density at radius 1 is 1.17 bits per heavy atom. The topological polar surface area (TPSA) is 18.5 Å². The van der Waals surface area contributed by atoms with Crippen LogP contribution in [0.15, 0.2) is 42.3 Å². The summed E-state index contributed by atoms with van der Waals surface area (Å²) in [6, 6.07) is 8.93. The first-order chi connectivity index (χ1) is 10.8. The van der Waals surface area contributed by atoms with E-state index in [-0.39, 0.29) is 18.3 Å². The standard InChI is InChI=1S/C19H25BO2S/c1-6-7-16(13-20-21-18(2,3)19(4,5)22-20)14-8-9-17-15(12-14)10-11-23-17/h6,8-12,16H,1,7,13H2,2-5H3/t16-/m0/s1. The van der Waals surface area contributed by atoms with Crippen molar-refractivity contribution in [3.05, 3.63) is 47.9 Å². The lowest BCUT2D eigenvalue weighted by atomic mass is 9.73. The molecule has 0 spiro atoms. The lowest BCUT2D eigenvalue weighted by Crippen LogP contribution is -2.41. The summed E-state index contributed by atoms with van der Waals surface area (Å²) >= 11 is 1.78. The molecule has 1 aromatic carbocycles. The van der Waals surface area contributed by atoms with Crippen molar-refractivity contribution in [1.29, 1.82) is 0 Å². The molecule has 2 nitrogen and oxygen atoms in total. The number of allylic oxidation sites excluding steroid dienone is 1. The molecule has 0 amide bonds. The Kier molecular flexibility index (Phi) is 4.43. The van der Waals surface area contributed by atoms with Crippen LogP contribution in [0.4, 0.5) is 0 Å². The fourth-order valence-electron chi connectivity index (χ4n) is 3.10. The second kappa shape index (κ2) is 6.08. The van der Waals surface area contributed by atoms with Crippen LogP contribution in [0.25, 0.3) is 10.1 Å². The molecule has 122 valence electrons. The van der Waals surface area contributed by atoms with Crippen molar-refractivity contribution in [2.75, 3.05) is 0 Å². The van der Waals surface area contributed by atoms with Crippen LogP contribution in [0, 0.1) is 0 Å². The van der Waals surface area contributed by atoms with Gasteiger partial charge in [0.25, 0.3) is 0 Å². The van der Waals surface area contributed by atoms with Gasteiger partial charge in [0.2, 0.25) is 0 Å². The van der Waals surface area contributed by atoms with Crippen molar-refractivity contribution in [1.82, 2.24) is 0 Å². The molecule has 1 saturated heterocycles. The van der Waals surface area contributed by atoms with Gasteiger partial charge in [-0.15, -0.1) is 17.9 Å². The molecular formula is C19H25BO2S. The van der Waals surface area contributed by atoms with E-state index in [2.05, 4.69) is 63.9 Å². The molecule has 4 heteroatoms. The average molecular weight is 328 g/mol. The van der Waals surface area contributed by atoms with Crippen molar-refractivity contribution in [2.45, 2.75) is 57.6 Å². The fraction of sp³-hybridized carbons (Fsp3) is 0.474. The van der Waals surface area contributed by atoms with Gasteiger partial charge in [-0.3, -0.25) is 0 Å². The predicted molar refractivity (Wildman–Crippen MR) is 100 cm³/mol. The minimum absolute atomic E-state index is 0.164. The first kappa shape index (κ1) is 16.8. The summed E-state index contributed by atoms with van der Waals surface area (Å²) in [5.41, 5.74) is 0.798. The van der Waals surface area contributed by atoms with Crippen molar-refractivity contribution < 1.29 is 9.31 Å². The highest BCUT2D eigenvalue weighted by molar-refractivity contribution is 7.17. The van der Waals surface area contributed by atoms with Crippen molar-refractivity contribution in [2.24, 2.45) is 0 Å². The van der Waals surface area contributed by atoms with Gasteiger partial charge in [0.05, 0.1) is 11.2 Å². The van der Waals surface area contributed by atoms with Crippen LogP contribution in [0.5, 0.6) is 0 Å². The summed E-state index contributed by atoms with van der Waals surface area (Å²) in [5.74, 6) is 0.367. The first-order valence-corrected chi connectivity index (χ1v) is 9.14. The molecule has 0 N–H and O–H groups in total. The quantitative estimate of drug-likeness (QED) is 0.521. The number of hydrogen-bond acceptors (Lipinski definition) is 3. The van der Waals surface area contributed by atoms with E-state index in [0.717, 1.165) is 12.7 Å². The summed E-state index contributed by atoms with van der Waals surface area (Å²) in [5, 5.41) is 3.46. The molecule has 0 aliphatic carbocycles. The zero-order valence-corrected chi connectivity index (χ0v) is 15.3. The molecule has 0 radical (unpaired) electrons. The van der Waals surface area contributed by atoms with Gasteiger partial charge >= 0.3 is 7.12 Å². The molecule has 2 heterocycles. The Balaban J connectivity index is 1.81. The average Bonchev–Trinajstić information content (AvgIpc) is 2.99. The molecule has 0 bridgehead atoms. The Bertz CT molecular complexity index is 688. The largest absolute Gasteiger partial charge is 0.458 e. The second-order valence-electron chi connectivity index (χ2n) is 7.36. The smallest absolute Gasteiger partial charge is 0.403 e. The van der Waals surface area contributed by atoms with Gasteiger partial charge in [0.1, 0.15) is 0 Å². The predicted octanol–water partition coefficient (Wildman–Crippen LogP) is 5.65. The van der Waals surface area contributed by atoms with Crippen LogP contribution in [-0.2, 0) is 9.31 Å². The molecule has 2 aromatic rings. The van der Waals surface area contributed by atoms with Crippen molar-refractivity contribution in [3.63, 3.8) is 0 Å². The van der Waals surface area contributed by atoms with Crippen molar-refractivity contribution in [3.8, 4) is 0 Å². The SMILES string of the molecule is C=CC[C@@H](CB1OC(C)(C)C(C)(C)O1)c1ccc2sccc2c1. The highest BCUT2D eigenvalue weighted by Crippen LogP contribution is 2.40. The van der Waals surface area contributed by atoms with Gasteiger partial charge in [-0.25, -0.2) is 0 Å². The summed E-state index contributed by atoms with van der Waals surface area (Å²) in [4.78, 5) is 0. The Hall–Kier alpha value is -1.10. The molecule has 23 heavy (non-hydrogen) atoms. The van der Waals surface area contributed by atoms with E-state index in [4.69, 9.17) is 9.31 Å². The van der Waals surface area contributed by atoms with E-state index >= 15 is 0 Å². The molecule has 3 rings (SSSR count). The Labute approximate surface area is 143 Å². The third-order valence-corrected chi connectivity index (χ3v) is 6.08. The van der Waals surface area contributed by atoms with Crippen LogP contribution in [0.2, 0.25) is 6.32 Å². The molecule has 0 unspecified atom stereocenters. The molecule has 1 fully saturated rings. The summed E-state index contributed by atoms with van der Waals surface area (Å²) < 4.78 is 13.7. The van der Waals surface area contributed by atoms with Crippen molar-refractivity contribution >= 4 is 28.5 Å². The van der Waals surface area contributed by atoms with Crippen LogP contribution in [0.3, 0.4) is 0 Å². The van der Waals surface area contributed by atoms with Gasteiger partial charge in [-0.2, -0.15) is 0 Å². The second-order valence-corrected chi connectivity index (χ2v) is 8.31. The van der Waals surface area contributed by atoms with Crippen LogP contribution < -0.4 is 0 Å². The van der Waals surface area contributed by atoms with Gasteiger partial charge in [-0.05, 0) is 74.8 Å². The first-order valence-electron chi connectivity index (χ1n) is 8.26. The Morgan fingerprint density at radius 2 is 1.87 bits per heavy atom. The summed E-state index contributed by atoms with van der Waals surface area (Å²) in [6.07, 6.45) is 3.78. The zero-order valence-electron chi connectivity index (χ0n) is 14.5. The molecule has 1 atom stereocenters. The highest BCUT2D eigenvalue weighted by Gasteiger charge is 2.51. The van der Waals surface area contributed by atoms with Gasteiger partial charge in [-0.1, -0.05) is 18.2 Å². The Morgan fingerprint density at radius 3 is 2.52 bits per heavy atom. The van der Waals surface area contributed by atoms with E-state index in [1.54, 1.807) is 11.3 Å². The molecular weight excluding hydrogens is 303 g/mol. The number of benzene rings is 1. The summed E-state index contributed by atoms with van der Waals surface area (Å²) in [7, 11) is -0.164. The van der Waals surface area contributed by atoms with Gasteiger partial charge < -0.3 is 9.31 Å². The van der Waals surface area contributed by atoms with E-state index in [0.29, 0.717) is 5.92 Å². The maximum Gasteiger partial charge on any atom is 0.458 e. The van der Waals surface area contributed by atoms with E-state index in [1.165, 1.54) is 15.6 Å². The minimum Gasteiger partial charge on any atom is -0.403 e.